The molecule has 2 heterocycles. The zero-order valence-corrected chi connectivity index (χ0v) is 17.3. The molecular weight excluding hydrogens is 316 g/mol. The van der Waals surface area contributed by atoms with Crippen LogP contribution in [0.2, 0.25) is 0 Å². The van der Waals surface area contributed by atoms with Crippen LogP contribution in [-0.4, -0.2) is 36.1 Å². The smallest absolute Gasteiger partial charge is 0.0401 e. The molecule has 1 saturated carbocycles. The van der Waals surface area contributed by atoms with Crippen molar-refractivity contribution in [3.63, 3.8) is 0 Å². The summed E-state index contributed by atoms with van der Waals surface area (Å²) in [6, 6.07) is 11.4. The van der Waals surface area contributed by atoms with Gasteiger partial charge in [-0.2, -0.15) is 0 Å². The Morgan fingerprint density at radius 2 is 1.69 bits per heavy atom. The van der Waals surface area contributed by atoms with Crippen molar-refractivity contribution in [3.05, 3.63) is 29.8 Å². The second-order valence-corrected chi connectivity index (χ2v) is 9.71. The monoisotopic (exact) mass is 354 g/mol. The summed E-state index contributed by atoms with van der Waals surface area (Å²) < 4.78 is 0. The maximum atomic E-state index is 2.82. The number of nitrogens with zero attached hydrogens (tertiary/aromatic N) is 2. The SMILES string of the molecule is CC(C)N1CC(C2CCC3C(CCCN3C(C)C)C2)Cc2ccccc21. The van der Waals surface area contributed by atoms with Crippen molar-refractivity contribution in [2.75, 3.05) is 18.0 Å². The van der Waals surface area contributed by atoms with Gasteiger partial charge in [0, 0.05) is 30.4 Å². The Morgan fingerprint density at radius 1 is 0.885 bits per heavy atom. The highest BCUT2D eigenvalue weighted by molar-refractivity contribution is 5.56. The minimum atomic E-state index is 0.599. The van der Waals surface area contributed by atoms with Crippen molar-refractivity contribution in [1.29, 1.82) is 0 Å². The first-order valence-electron chi connectivity index (χ1n) is 11.1. The largest absolute Gasteiger partial charge is 0.369 e. The van der Waals surface area contributed by atoms with Crippen LogP contribution in [0.25, 0.3) is 0 Å². The first kappa shape index (κ1) is 18.3. The second-order valence-electron chi connectivity index (χ2n) is 9.71. The predicted octanol–water partition coefficient (Wildman–Crippen LogP) is 5.36. The molecule has 0 N–H and O–H groups in total. The molecule has 2 aliphatic heterocycles. The minimum absolute atomic E-state index is 0.599. The van der Waals surface area contributed by atoms with Gasteiger partial charge in [0.05, 0.1) is 0 Å². The number of fused-ring (bicyclic) bond motifs is 2. The van der Waals surface area contributed by atoms with Gasteiger partial charge in [-0.25, -0.2) is 0 Å². The molecule has 0 radical (unpaired) electrons. The van der Waals surface area contributed by atoms with Crippen LogP contribution in [-0.2, 0) is 6.42 Å². The average molecular weight is 355 g/mol. The molecule has 4 atom stereocenters. The fourth-order valence-corrected chi connectivity index (χ4v) is 6.27. The van der Waals surface area contributed by atoms with Gasteiger partial charge >= 0.3 is 0 Å². The highest BCUT2D eigenvalue weighted by Crippen LogP contribution is 2.44. The van der Waals surface area contributed by atoms with Crippen molar-refractivity contribution >= 4 is 5.69 Å². The van der Waals surface area contributed by atoms with Crippen molar-refractivity contribution in [2.24, 2.45) is 17.8 Å². The zero-order valence-electron chi connectivity index (χ0n) is 17.3. The molecule has 2 fully saturated rings. The minimum Gasteiger partial charge on any atom is -0.369 e. The Hall–Kier alpha value is -1.02. The van der Waals surface area contributed by atoms with Crippen LogP contribution in [0.5, 0.6) is 0 Å². The Kier molecular flexibility index (Phi) is 5.32. The van der Waals surface area contributed by atoms with E-state index in [4.69, 9.17) is 0 Å². The third kappa shape index (κ3) is 3.42. The quantitative estimate of drug-likeness (QED) is 0.720. The fourth-order valence-electron chi connectivity index (χ4n) is 6.27. The van der Waals surface area contributed by atoms with E-state index in [1.165, 1.54) is 57.3 Å². The molecule has 1 aliphatic carbocycles. The number of anilines is 1. The topological polar surface area (TPSA) is 6.48 Å². The summed E-state index contributed by atoms with van der Waals surface area (Å²) >= 11 is 0. The summed E-state index contributed by atoms with van der Waals surface area (Å²) in [5, 5.41) is 0. The van der Waals surface area contributed by atoms with Gasteiger partial charge in [-0.05, 0) is 102 Å². The van der Waals surface area contributed by atoms with E-state index in [0.29, 0.717) is 6.04 Å². The second kappa shape index (κ2) is 7.54. The molecule has 1 aromatic carbocycles. The third-order valence-corrected chi connectivity index (χ3v) is 7.57. The predicted molar refractivity (Wildman–Crippen MR) is 112 cm³/mol. The van der Waals surface area contributed by atoms with E-state index >= 15 is 0 Å². The summed E-state index contributed by atoms with van der Waals surface area (Å²) in [6.45, 7) is 12.1. The molecule has 1 aromatic rings. The number of para-hydroxylation sites is 1. The van der Waals surface area contributed by atoms with Crippen molar-refractivity contribution in [2.45, 2.75) is 84.3 Å². The maximum Gasteiger partial charge on any atom is 0.0401 e. The highest BCUT2D eigenvalue weighted by Gasteiger charge is 2.41. The molecule has 0 spiro atoms. The van der Waals surface area contributed by atoms with E-state index in [0.717, 1.165) is 29.8 Å². The molecule has 2 heteroatoms. The number of hydrogen-bond acceptors (Lipinski definition) is 2. The molecule has 0 aromatic heterocycles. The number of piperidine rings is 1. The van der Waals surface area contributed by atoms with E-state index in [-0.39, 0.29) is 0 Å². The zero-order chi connectivity index (χ0) is 18.3. The summed E-state index contributed by atoms with van der Waals surface area (Å²) in [5.41, 5.74) is 3.09. The van der Waals surface area contributed by atoms with Gasteiger partial charge in [0.25, 0.3) is 0 Å². The van der Waals surface area contributed by atoms with E-state index in [1.54, 1.807) is 5.56 Å². The van der Waals surface area contributed by atoms with Crippen molar-refractivity contribution in [1.82, 2.24) is 4.90 Å². The molecule has 2 nitrogen and oxygen atoms in total. The molecule has 1 saturated heterocycles. The molecule has 0 bridgehead atoms. The van der Waals surface area contributed by atoms with Crippen LogP contribution in [0.1, 0.15) is 65.4 Å². The number of hydrogen-bond donors (Lipinski definition) is 0. The van der Waals surface area contributed by atoms with Crippen LogP contribution in [0.3, 0.4) is 0 Å². The first-order valence-corrected chi connectivity index (χ1v) is 11.1. The molecule has 144 valence electrons. The average Bonchev–Trinajstić information content (AvgIpc) is 2.65. The van der Waals surface area contributed by atoms with Crippen LogP contribution in [0, 0.1) is 17.8 Å². The lowest BCUT2D eigenvalue weighted by Crippen LogP contribution is -2.52. The molecular formula is C24H38N2. The third-order valence-electron chi connectivity index (χ3n) is 7.57. The number of rotatable bonds is 3. The lowest BCUT2D eigenvalue weighted by molar-refractivity contribution is 0.0106. The molecule has 4 unspecified atom stereocenters. The summed E-state index contributed by atoms with van der Waals surface area (Å²) in [5.74, 6) is 2.73. The Labute approximate surface area is 161 Å². The van der Waals surface area contributed by atoms with Gasteiger partial charge < -0.3 is 4.90 Å². The molecule has 0 amide bonds. The lowest BCUT2D eigenvalue weighted by Gasteiger charge is -2.50. The van der Waals surface area contributed by atoms with Crippen LogP contribution >= 0.6 is 0 Å². The van der Waals surface area contributed by atoms with Gasteiger partial charge in [0.2, 0.25) is 0 Å². The summed E-state index contributed by atoms with van der Waals surface area (Å²) in [4.78, 5) is 5.50. The van der Waals surface area contributed by atoms with Crippen LogP contribution in [0.15, 0.2) is 24.3 Å². The van der Waals surface area contributed by atoms with Crippen LogP contribution in [0.4, 0.5) is 5.69 Å². The fraction of sp³-hybridized carbons (Fsp3) is 0.750. The molecule has 4 rings (SSSR count). The normalized spacial score (nSPS) is 32.6. The van der Waals surface area contributed by atoms with Gasteiger partial charge in [0.1, 0.15) is 0 Å². The number of likely N-dealkylation sites (tertiary alicyclic amines) is 1. The Balaban J connectivity index is 1.49. The van der Waals surface area contributed by atoms with Crippen molar-refractivity contribution in [3.8, 4) is 0 Å². The Morgan fingerprint density at radius 3 is 2.46 bits per heavy atom. The van der Waals surface area contributed by atoms with E-state index in [1.807, 2.05) is 0 Å². The van der Waals surface area contributed by atoms with Crippen LogP contribution < -0.4 is 4.90 Å². The van der Waals surface area contributed by atoms with E-state index < -0.39 is 0 Å². The first-order chi connectivity index (χ1) is 12.5. The van der Waals surface area contributed by atoms with Gasteiger partial charge in [-0.3, -0.25) is 4.90 Å². The lowest BCUT2D eigenvalue weighted by atomic mass is 9.67. The van der Waals surface area contributed by atoms with Crippen molar-refractivity contribution < 1.29 is 0 Å². The number of benzene rings is 1. The highest BCUT2D eigenvalue weighted by atomic mass is 15.2. The molecule has 3 aliphatic rings. The summed E-state index contributed by atoms with van der Waals surface area (Å²) in [7, 11) is 0. The summed E-state index contributed by atoms with van der Waals surface area (Å²) in [6.07, 6.45) is 8.55. The van der Waals surface area contributed by atoms with Gasteiger partial charge in [-0.1, -0.05) is 18.2 Å². The van der Waals surface area contributed by atoms with Gasteiger partial charge in [-0.15, -0.1) is 0 Å². The maximum absolute atomic E-state index is 2.82. The van der Waals surface area contributed by atoms with Gasteiger partial charge in [0.15, 0.2) is 0 Å². The Bertz CT molecular complexity index is 608. The van der Waals surface area contributed by atoms with E-state index in [9.17, 15) is 0 Å². The van der Waals surface area contributed by atoms with E-state index in [2.05, 4.69) is 61.8 Å². The molecule has 26 heavy (non-hydrogen) atoms. The standard InChI is InChI=1S/C24H38N2/c1-17(2)25-13-7-9-21-14-19(11-12-24(21)25)22-15-20-8-5-6-10-23(20)26(16-22)18(3)4/h5-6,8,10,17-19,21-22,24H,7,9,11-16H2,1-4H3.